The largest absolute Gasteiger partial charge is 0.492 e. The van der Waals surface area contributed by atoms with Crippen molar-refractivity contribution < 1.29 is 14.3 Å². The van der Waals surface area contributed by atoms with Gasteiger partial charge >= 0.3 is 0 Å². The third-order valence-electron chi connectivity index (χ3n) is 3.73. The Morgan fingerprint density at radius 3 is 2.15 bits per heavy atom. The molecule has 138 valence electrons. The van der Waals surface area contributed by atoms with Gasteiger partial charge in [-0.05, 0) is 36.4 Å². The molecular weight excluding hydrogens is 340 g/mol. The normalized spacial score (nSPS) is 10.1. The third-order valence-corrected chi connectivity index (χ3v) is 3.73. The summed E-state index contributed by atoms with van der Waals surface area (Å²) in [6.07, 6.45) is 0. The molecule has 0 aliphatic heterocycles. The van der Waals surface area contributed by atoms with Crippen molar-refractivity contribution in [3.8, 4) is 17.2 Å². The van der Waals surface area contributed by atoms with Crippen molar-refractivity contribution in [1.29, 1.82) is 0 Å². The molecule has 0 aromatic heterocycles. The van der Waals surface area contributed by atoms with Crippen molar-refractivity contribution in [3.63, 3.8) is 0 Å². The molecule has 5 heteroatoms. The van der Waals surface area contributed by atoms with Crippen molar-refractivity contribution >= 4 is 11.6 Å². The van der Waals surface area contributed by atoms with Gasteiger partial charge in [-0.2, -0.15) is 0 Å². The fourth-order valence-electron chi connectivity index (χ4n) is 2.43. The zero-order chi connectivity index (χ0) is 18.7. The van der Waals surface area contributed by atoms with Crippen LogP contribution in [0.3, 0.4) is 0 Å². The van der Waals surface area contributed by atoms with Crippen LogP contribution in [-0.2, 0) is 4.79 Å². The summed E-state index contributed by atoms with van der Waals surface area (Å²) in [4.78, 5) is 12.0. The first-order valence-electron chi connectivity index (χ1n) is 8.81. The van der Waals surface area contributed by atoms with Crippen molar-refractivity contribution in [2.45, 2.75) is 0 Å². The second kappa shape index (κ2) is 9.87. The minimum absolute atomic E-state index is 0.110. The maximum absolute atomic E-state index is 12.0. The Morgan fingerprint density at radius 1 is 0.778 bits per heavy atom. The van der Waals surface area contributed by atoms with E-state index in [0.717, 1.165) is 17.2 Å². The average molecular weight is 362 g/mol. The van der Waals surface area contributed by atoms with E-state index in [1.807, 2.05) is 84.9 Å². The summed E-state index contributed by atoms with van der Waals surface area (Å²) in [7, 11) is 0. The van der Waals surface area contributed by atoms with Gasteiger partial charge in [0, 0.05) is 0 Å². The summed E-state index contributed by atoms with van der Waals surface area (Å²) in [6, 6.07) is 26.6. The minimum Gasteiger partial charge on any atom is -0.492 e. The molecule has 3 aromatic carbocycles. The highest BCUT2D eigenvalue weighted by Crippen LogP contribution is 2.28. The predicted octanol–water partition coefficient (Wildman–Crippen LogP) is 4.09. The Balaban J connectivity index is 1.43. The Morgan fingerprint density at radius 2 is 1.41 bits per heavy atom. The lowest BCUT2D eigenvalue weighted by Crippen LogP contribution is -2.33. The highest BCUT2D eigenvalue weighted by molar-refractivity contribution is 5.81. The first kappa shape index (κ1) is 18.3. The number of para-hydroxylation sites is 4. The highest BCUT2D eigenvalue weighted by Gasteiger charge is 2.06. The molecule has 1 amide bonds. The van der Waals surface area contributed by atoms with Crippen LogP contribution >= 0.6 is 0 Å². The summed E-state index contributed by atoms with van der Waals surface area (Å²) >= 11 is 0. The van der Waals surface area contributed by atoms with Crippen LogP contribution in [-0.4, -0.2) is 25.6 Å². The molecule has 27 heavy (non-hydrogen) atoms. The summed E-state index contributed by atoms with van der Waals surface area (Å²) < 4.78 is 11.4. The van der Waals surface area contributed by atoms with Gasteiger partial charge in [0.15, 0.2) is 5.75 Å². The van der Waals surface area contributed by atoms with Crippen molar-refractivity contribution in [2.24, 2.45) is 0 Å². The smallest absolute Gasteiger partial charge is 0.239 e. The SMILES string of the molecule is O=C(CNc1ccccc1Oc1ccccc1)NCCOc1ccccc1. The lowest BCUT2D eigenvalue weighted by molar-refractivity contribution is -0.119. The average Bonchev–Trinajstić information content (AvgIpc) is 2.72. The first-order chi connectivity index (χ1) is 13.3. The number of rotatable bonds is 9. The van der Waals surface area contributed by atoms with Gasteiger partial charge in [0.1, 0.15) is 18.1 Å². The molecule has 0 bridgehead atoms. The van der Waals surface area contributed by atoms with Crippen LogP contribution in [0.15, 0.2) is 84.9 Å². The van der Waals surface area contributed by atoms with E-state index in [1.54, 1.807) is 0 Å². The molecule has 0 radical (unpaired) electrons. The van der Waals surface area contributed by atoms with Crippen molar-refractivity contribution in [3.05, 3.63) is 84.9 Å². The minimum atomic E-state index is -0.110. The van der Waals surface area contributed by atoms with E-state index in [0.29, 0.717) is 18.9 Å². The van der Waals surface area contributed by atoms with Gasteiger partial charge < -0.3 is 20.1 Å². The fourth-order valence-corrected chi connectivity index (χ4v) is 2.43. The lowest BCUT2D eigenvalue weighted by Gasteiger charge is -2.13. The standard InChI is InChI=1S/C22H22N2O3/c25-22(23-15-16-26-18-9-3-1-4-10-18)17-24-20-13-7-8-14-21(20)27-19-11-5-2-6-12-19/h1-14,24H,15-17H2,(H,23,25). The Kier molecular flexibility index (Phi) is 6.70. The molecular formula is C22H22N2O3. The fraction of sp³-hybridized carbons (Fsp3) is 0.136. The molecule has 2 N–H and O–H groups in total. The van der Waals surface area contributed by atoms with Gasteiger partial charge in [-0.15, -0.1) is 0 Å². The van der Waals surface area contributed by atoms with Crippen LogP contribution in [0.2, 0.25) is 0 Å². The number of hydrogen-bond donors (Lipinski definition) is 2. The van der Waals surface area contributed by atoms with Crippen LogP contribution in [0.4, 0.5) is 5.69 Å². The van der Waals surface area contributed by atoms with Gasteiger partial charge in [-0.1, -0.05) is 48.5 Å². The van der Waals surface area contributed by atoms with Crippen molar-refractivity contribution in [1.82, 2.24) is 5.32 Å². The van der Waals surface area contributed by atoms with Gasteiger partial charge in [-0.3, -0.25) is 4.79 Å². The predicted molar refractivity (Wildman–Crippen MR) is 106 cm³/mol. The monoisotopic (exact) mass is 362 g/mol. The molecule has 0 aliphatic rings. The van der Waals surface area contributed by atoms with Crippen LogP contribution in [0, 0.1) is 0 Å². The van der Waals surface area contributed by atoms with E-state index < -0.39 is 0 Å². The highest BCUT2D eigenvalue weighted by atomic mass is 16.5. The van der Waals surface area contributed by atoms with Gasteiger partial charge in [-0.25, -0.2) is 0 Å². The van der Waals surface area contributed by atoms with E-state index >= 15 is 0 Å². The number of benzene rings is 3. The molecule has 3 aromatic rings. The Labute approximate surface area is 158 Å². The molecule has 0 heterocycles. The Bertz CT molecular complexity index is 838. The van der Waals surface area contributed by atoms with Crippen LogP contribution in [0.25, 0.3) is 0 Å². The van der Waals surface area contributed by atoms with Crippen LogP contribution in [0.1, 0.15) is 0 Å². The molecule has 0 spiro atoms. The van der Waals surface area contributed by atoms with Gasteiger partial charge in [0.05, 0.1) is 18.8 Å². The number of carbonyl (C=O) groups excluding carboxylic acids is 1. The maximum atomic E-state index is 12.0. The molecule has 0 atom stereocenters. The molecule has 0 unspecified atom stereocenters. The molecule has 0 aliphatic carbocycles. The molecule has 0 fully saturated rings. The molecule has 0 saturated heterocycles. The van der Waals surface area contributed by atoms with E-state index in [4.69, 9.17) is 9.47 Å². The molecule has 0 saturated carbocycles. The van der Waals surface area contributed by atoms with Crippen molar-refractivity contribution in [2.75, 3.05) is 25.0 Å². The first-order valence-corrected chi connectivity index (χ1v) is 8.81. The number of anilines is 1. The second-order valence-electron chi connectivity index (χ2n) is 5.78. The second-order valence-corrected chi connectivity index (χ2v) is 5.78. The number of hydrogen-bond acceptors (Lipinski definition) is 4. The third kappa shape index (κ3) is 6.08. The summed E-state index contributed by atoms with van der Waals surface area (Å²) in [5.74, 6) is 2.09. The zero-order valence-electron chi connectivity index (χ0n) is 14.9. The van der Waals surface area contributed by atoms with Crippen LogP contribution in [0.5, 0.6) is 17.2 Å². The number of nitrogens with one attached hydrogen (secondary N) is 2. The zero-order valence-corrected chi connectivity index (χ0v) is 14.9. The van der Waals surface area contributed by atoms with E-state index in [-0.39, 0.29) is 12.5 Å². The molecule has 5 nitrogen and oxygen atoms in total. The maximum Gasteiger partial charge on any atom is 0.239 e. The van der Waals surface area contributed by atoms with E-state index in [9.17, 15) is 4.79 Å². The van der Waals surface area contributed by atoms with Gasteiger partial charge in [0.25, 0.3) is 0 Å². The molecule has 3 rings (SSSR count). The summed E-state index contributed by atoms with van der Waals surface area (Å²) in [5.41, 5.74) is 0.761. The summed E-state index contributed by atoms with van der Waals surface area (Å²) in [5, 5.41) is 5.94. The topological polar surface area (TPSA) is 59.6 Å². The quantitative estimate of drug-likeness (QED) is 0.563. The summed E-state index contributed by atoms with van der Waals surface area (Å²) in [6.45, 7) is 1.02. The Hall–Kier alpha value is -3.47. The number of amides is 1. The van der Waals surface area contributed by atoms with E-state index in [2.05, 4.69) is 10.6 Å². The number of ether oxygens (including phenoxy) is 2. The lowest BCUT2D eigenvalue weighted by atomic mass is 10.3. The number of carbonyl (C=O) groups is 1. The van der Waals surface area contributed by atoms with Crippen LogP contribution < -0.4 is 20.1 Å². The van der Waals surface area contributed by atoms with E-state index in [1.165, 1.54) is 0 Å². The van der Waals surface area contributed by atoms with Gasteiger partial charge in [0.2, 0.25) is 5.91 Å².